The fraction of sp³-hybridized carbons (Fsp3) is 0.235. The molecule has 0 saturated carbocycles. The first kappa shape index (κ1) is 16.3. The highest BCUT2D eigenvalue weighted by Gasteiger charge is 2.19. The summed E-state index contributed by atoms with van der Waals surface area (Å²) in [4.78, 5) is 16.5. The molecule has 2 N–H and O–H groups in total. The van der Waals surface area contributed by atoms with E-state index in [0.29, 0.717) is 29.4 Å². The first-order chi connectivity index (χ1) is 12.2. The quantitative estimate of drug-likeness (QED) is 0.709. The van der Waals surface area contributed by atoms with E-state index in [0.717, 1.165) is 34.9 Å². The zero-order valence-corrected chi connectivity index (χ0v) is 14.9. The number of morpholine rings is 1. The van der Waals surface area contributed by atoms with Crippen molar-refractivity contribution in [1.82, 2.24) is 15.0 Å². The lowest BCUT2D eigenvalue weighted by atomic mass is 10.1. The topological polar surface area (TPSA) is 77.2 Å². The fourth-order valence-electron chi connectivity index (χ4n) is 2.73. The molecule has 1 saturated heterocycles. The third kappa shape index (κ3) is 3.44. The largest absolute Gasteiger partial charge is 0.378 e. The summed E-state index contributed by atoms with van der Waals surface area (Å²) < 4.78 is 5.39. The molecule has 0 spiro atoms. The molecule has 1 aliphatic heterocycles. The first-order valence-corrected chi connectivity index (χ1v) is 9.09. The molecule has 1 aromatic carbocycles. The lowest BCUT2D eigenvalue weighted by molar-refractivity contribution is 0.122. The molecule has 6 nitrogen and oxygen atoms in total. The summed E-state index contributed by atoms with van der Waals surface area (Å²) in [6.07, 6.45) is 0. The van der Waals surface area contributed by atoms with Crippen LogP contribution in [0.3, 0.4) is 0 Å². The molecule has 3 aromatic rings. The third-order valence-electron chi connectivity index (χ3n) is 3.90. The van der Waals surface area contributed by atoms with Crippen LogP contribution >= 0.6 is 22.9 Å². The van der Waals surface area contributed by atoms with E-state index >= 15 is 0 Å². The standard InChI is InChI=1S/C17H16ClN5OS/c18-13-10-12(20-17(21-13)23-6-8-24-9-7-23)15-14(22-16(19)25-15)11-4-2-1-3-5-11/h1-5,10H,6-9H2,(H2,19,22). The maximum Gasteiger partial charge on any atom is 0.227 e. The van der Waals surface area contributed by atoms with E-state index < -0.39 is 0 Å². The van der Waals surface area contributed by atoms with Crippen molar-refractivity contribution in [2.24, 2.45) is 0 Å². The number of ether oxygens (including phenoxy) is 1. The van der Waals surface area contributed by atoms with Crippen LogP contribution in [0.15, 0.2) is 36.4 Å². The van der Waals surface area contributed by atoms with E-state index in [-0.39, 0.29) is 0 Å². The maximum absolute atomic E-state index is 6.27. The number of benzene rings is 1. The van der Waals surface area contributed by atoms with Gasteiger partial charge in [-0.05, 0) is 0 Å². The molecule has 1 aliphatic rings. The highest BCUT2D eigenvalue weighted by Crippen LogP contribution is 2.38. The molecule has 3 heterocycles. The van der Waals surface area contributed by atoms with Crippen LogP contribution in [0.25, 0.3) is 21.8 Å². The van der Waals surface area contributed by atoms with Gasteiger partial charge in [0.1, 0.15) is 5.15 Å². The fourth-order valence-corrected chi connectivity index (χ4v) is 3.72. The predicted octanol–water partition coefficient (Wildman–Crippen LogP) is 3.34. The first-order valence-electron chi connectivity index (χ1n) is 7.90. The van der Waals surface area contributed by atoms with Crippen LogP contribution in [0, 0.1) is 0 Å². The van der Waals surface area contributed by atoms with Crippen molar-refractivity contribution in [1.29, 1.82) is 0 Å². The zero-order valence-electron chi connectivity index (χ0n) is 13.4. The Morgan fingerprint density at radius 3 is 2.60 bits per heavy atom. The monoisotopic (exact) mass is 373 g/mol. The number of nitrogen functional groups attached to an aromatic ring is 1. The van der Waals surface area contributed by atoms with Crippen molar-refractivity contribution >= 4 is 34.0 Å². The van der Waals surface area contributed by atoms with E-state index in [1.807, 2.05) is 30.3 Å². The van der Waals surface area contributed by atoms with Crippen LogP contribution in [-0.4, -0.2) is 41.3 Å². The van der Waals surface area contributed by atoms with Crippen LogP contribution in [0.5, 0.6) is 0 Å². The number of nitrogens with two attached hydrogens (primary N) is 1. The minimum Gasteiger partial charge on any atom is -0.378 e. The molecule has 1 fully saturated rings. The SMILES string of the molecule is Nc1nc(-c2ccccc2)c(-c2cc(Cl)nc(N3CCOCC3)n2)s1. The van der Waals surface area contributed by atoms with Crippen LogP contribution in [-0.2, 0) is 4.74 Å². The molecule has 0 unspecified atom stereocenters. The lowest BCUT2D eigenvalue weighted by Crippen LogP contribution is -2.37. The van der Waals surface area contributed by atoms with Crippen molar-refractivity contribution in [3.05, 3.63) is 41.6 Å². The summed E-state index contributed by atoms with van der Waals surface area (Å²) in [5.41, 5.74) is 8.51. The minimum absolute atomic E-state index is 0.400. The van der Waals surface area contributed by atoms with Gasteiger partial charge in [-0.25, -0.2) is 15.0 Å². The molecule has 0 radical (unpaired) electrons. The Balaban J connectivity index is 1.79. The Morgan fingerprint density at radius 1 is 1.08 bits per heavy atom. The smallest absolute Gasteiger partial charge is 0.227 e. The number of aromatic nitrogens is 3. The number of halogens is 1. The van der Waals surface area contributed by atoms with Gasteiger partial charge < -0.3 is 15.4 Å². The van der Waals surface area contributed by atoms with Gasteiger partial charge in [-0.2, -0.15) is 0 Å². The van der Waals surface area contributed by atoms with E-state index in [1.54, 1.807) is 6.07 Å². The van der Waals surface area contributed by atoms with Crippen molar-refractivity contribution in [2.45, 2.75) is 0 Å². The van der Waals surface area contributed by atoms with Crippen molar-refractivity contribution in [2.75, 3.05) is 36.9 Å². The number of hydrogen-bond acceptors (Lipinski definition) is 7. The van der Waals surface area contributed by atoms with Crippen molar-refractivity contribution < 1.29 is 4.74 Å². The molecule has 25 heavy (non-hydrogen) atoms. The highest BCUT2D eigenvalue weighted by atomic mass is 35.5. The number of thiazole rings is 1. The summed E-state index contributed by atoms with van der Waals surface area (Å²) in [7, 11) is 0. The third-order valence-corrected chi connectivity index (χ3v) is 5.00. The van der Waals surface area contributed by atoms with E-state index in [9.17, 15) is 0 Å². The normalized spacial score (nSPS) is 14.7. The molecule has 8 heteroatoms. The Kier molecular flexibility index (Phi) is 4.52. The van der Waals surface area contributed by atoms with Crippen LogP contribution in [0.1, 0.15) is 0 Å². The van der Waals surface area contributed by atoms with Crippen molar-refractivity contribution in [3.63, 3.8) is 0 Å². The molecule has 0 bridgehead atoms. The predicted molar refractivity (Wildman–Crippen MR) is 101 cm³/mol. The number of anilines is 2. The van der Waals surface area contributed by atoms with Gasteiger partial charge in [0, 0.05) is 24.7 Å². The minimum atomic E-state index is 0.400. The van der Waals surface area contributed by atoms with Gasteiger partial charge in [0.05, 0.1) is 29.5 Å². The van der Waals surface area contributed by atoms with Crippen LogP contribution < -0.4 is 10.6 Å². The van der Waals surface area contributed by atoms with Gasteiger partial charge in [-0.3, -0.25) is 0 Å². The Bertz CT molecular complexity index is 880. The van der Waals surface area contributed by atoms with E-state index in [2.05, 4.69) is 14.9 Å². The number of nitrogens with zero attached hydrogens (tertiary/aromatic N) is 4. The molecular formula is C17H16ClN5OS. The molecule has 2 aromatic heterocycles. The Morgan fingerprint density at radius 2 is 1.84 bits per heavy atom. The average molecular weight is 374 g/mol. The molecule has 4 rings (SSSR count). The molecule has 0 amide bonds. The number of rotatable bonds is 3. The second-order valence-electron chi connectivity index (χ2n) is 5.57. The van der Waals surface area contributed by atoms with Crippen molar-refractivity contribution in [3.8, 4) is 21.8 Å². The summed E-state index contributed by atoms with van der Waals surface area (Å²) in [6, 6.07) is 11.7. The summed E-state index contributed by atoms with van der Waals surface area (Å²) >= 11 is 7.67. The van der Waals surface area contributed by atoms with E-state index in [1.165, 1.54) is 11.3 Å². The van der Waals surface area contributed by atoms with Crippen LogP contribution in [0.2, 0.25) is 5.15 Å². The van der Waals surface area contributed by atoms with Crippen LogP contribution in [0.4, 0.5) is 11.1 Å². The lowest BCUT2D eigenvalue weighted by Gasteiger charge is -2.27. The second kappa shape index (κ2) is 6.95. The maximum atomic E-state index is 6.27. The Labute approximate surface area is 154 Å². The summed E-state index contributed by atoms with van der Waals surface area (Å²) in [5.74, 6) is 0.608. The van der Waals surface area contributed by atoms with Gasteiger partial charge in [0.2, 0.25) is 5.95 Å². The average Bonchev–Trinajstić information content (AvgIpc) is 3.05. The summed E-state index contributed by atoms with van der Waals surface area (Å²) in [6.45, 7) is 2.81. The molecule has 0 aliphatic carbocycles. The number of hydrogen-bond donors (Lipinski definition) is 1. The second-order valence-corrected chi connectivity index (χ2v) is 6.99. The van der Waals surface area contributed by atoms with Gasteiger partial charge in [-0.15, -0.1) is 0 Å². The highest BCUT2D eigenvalue weighted by molar-refractivity contribution is 7.19. The van der Waals surface area contributed by atoms with Gasteiger partial charge in [-0.1, -0.05) is 53.3 Å². The molecule has 0 atom stereocenters. The zero-order chi connectivity index (χ0) is 17.2. The molecular weight excluding hydrogens is 358 g/mol. The van der Waals surface area contributed by atoms with Gasteiger partial charge in [0.15, 0.2) is 5.13 Å². The van der Waals surface area contributed by atoms with E-state index in [4.69, 9.17) is 27.1 Å². The Hall–Kier alpha value is -2.22. The van der Waals surface area contributed by atoms with Gasteiger partial charge in [0.25, 0.3) is 0 Å². The molecule has 128 valence electrons. The summed E-state index contributed by atoms with van der Waals surface area (Å²) in [5, 5.41) is 0.897. The van der Waals surface area contributed by atoms with Gasteiger partial charge >= 0.3 is 0 Å².